The molecule has 0 unspecified atom stereocenters. The van der Waals surface area contributed by atoms with Crippen LogP contribution in [-0.4, -0.2) is 74.0 Å². The van der Waals surface area contributed by atoms with Crippen LogP contribution in [0.3, 0.4) is 0 Å². The van der Waals surface area contributed by atoms with Gasteiger partial charge in [0, 0.05) is 58.8 Å². The molecule has 2 aromatic heterocycles. The summed E-state index contributed by atoms with van der Waals surface area (Å²) >= 11 is 6.32. The van der Waals surface area contributed by atoms with E-state index in [1.807, 2.05) is 40.0 Å². The molecule has 0 saturated carbocycles. The van der Waals surface area contributed by atoms with E-state index in [0.29, 0.717) is 29.8 Å². The van der Waals surface area contributed by atoms with Gasteiger partial charge in [-0.25, -0.2) is 4.98 Å². The second-order valence-corrected chi connectivity index (χ2v) is 9.28. The molecule has 0 spiro atoms. The molecule has 1 fully saturated rings. The van der Waals surface area contributed by atoms with Gasteiger partial charge >= 0.3 is 0 Å². The van der Waals surface area contributed by atoms with Crippen LogP contribution in [-0.2, 0) is 29.1 Å². The minimum absolute atomic E-state index is 0.0181. The van der Waals surface area contributed by atoms with Gasteiger partial charge in [-0.2, -0.15) is 10.1 Å². The number of ketones is 1. The fraction of sp³-hybridized carbons (Fsp3) is 0.346. The summed E-state index contributed by atoms with van der Waals surface area (Å²) in [4.78, 5) is 36.1. The van der Waals surface area contributed by atoms with E-state index < -0.39 is 0 Å². The van der Waals surface area contributed by atoms with Crippen LogP contribution in [0.25, 0.3) is 0 Å². The summed E-state index contributed by atoms with van der Waals surface area (Å²) in [7, 11) is 0. The summed E-state index contributed by atoms with van der Waals surface area (Å²) < 4.78 is 1.87. The molecule has 1 amide bonds. The van der Waals surface area contributed by atoms with Crippen LogP contribution < -0.4 is 10.6 Å². The fourth-order valence-corrected chi connectivity index (χ4v) is 4.23. The van der Waals surface area contributed by atoms with E-state index in [-0.39, 0.29) is 11.7 Å². The predicted octanol–water partition coefficient (Wildman–Crippen LogP) is 3.14. The lowest BCUT2D eigenvalue weighted by molar-refractivity contribution is -0.130. The van der Waals surface area contributed by atoms with Gasteiger partial charge in [-0.1, -0.05) is 42.4 Å². The van der Waals surface area contributed by atoms with Crippen LogP contribution in [0.1, 0.15) is 18.1 Å². The zero-order valence-corrected chi connectivity index (χ0v) is 21.6. The van der Waals surface area contributed by atoms with Crippen LogP contribution >= 0.6 is 11.6 Å². The minimum atomic E-state index is -0.0181. The molecule has 4 rings (SSSR count). The molecule has 3 heterocycles. The molecule has 0 radical (unpaired) electrons. The van der Waals surface area contributed by atoms with E-state index in [9.17, 15) is 9.59 Å². The number of rotatable bonds is 11. The van der Waals surface area contributed by atoms with Gasteiger partial charge in [0.1, 0.15) is 5.02 Å². The number of hydrogen-bond acceptors (Lipinski definition) is 8. The third-order valence-corrected chi connectivity index (χ3v) is 6.43. The summed E-state index contributed by atoms with van der Waals surface area (Å²) in [5, 5.41) is 11.3. The molecule has 11 heteroatoms. The normalized spacial score (nSPS) is 13.8. The van der Waals surface area contributed by atoms with Crippen LogP contribution in [0.2, 0.25) is 5.02 Å². The molecule has 2 N–H and O–H groups in total. The summed E-state index contributed by atoms with van der Waals surface area (Å²) in [5.41, 5.74) is 2.70. The highest BCUT2D eigenvalue weighted by atomic mass is 35.5. The lowest BCUT2D eigenvalue weighted by Crippen LogP contribution is -2.48. The van der Waals surface area contributed by atoms with Gasteiger partial charge < -0.3 is 15.5 Å². The van der Waals surface area contributed by atoms with Crippen LogP contribution in [0.4, 0.5) is 17.5 Å². The Morgan fingerprint density at radius 2 is 1.92 bits per heavy atom. The van der Waals surface area contributed by atoms with Crippen molar-refractivity contribution in [3.8, 4) is 0 Å². The second kappa shape index (κ2) is 12.5. The number of amides is 1. The maximum atomic E-state index is 11.7. The van der Waals surface area contributed by atoms with E-state index >= 15 is 0 Å². The Morgan fingerprint density at radius 1 is 1.14 bits per heavy atom. The molecule has 3 aromatic rings. The summed E-state index contributed by atoms with van der Waals surface area (Å²) in [6, 6.07) is 7.78. The average Bonchev–Trinajstić information content (AvgIpc) is 3.35. The molecule has 10 nitrogen and oxygen atoms in total. The minimum Gasteiger partial charge on any atom is -0.365 e. The molecule has 37 heavy (non-hydrogen) atoms. The highest BCUT2D eigenvalue weighted by Crippen LogP contribution is 2.22. The molecular weight excluding hydrogens is 492 g/mol. The SMILES string of the molecule is C=CC(=O)Cc1cccc(CNc2nc(Nc3cnn(CCN4CCN(C(C)=O)CC4)c3)ncc2Cl)c1. The molecule has 0 bridgehead atoms. The van der Waals surface area contributed by atoms with E-state index in [4.69, 9.17) is 11.6 Å². The first kappa shape index (κ1) is 26.3. The van der Waals surface area contributed by atoms with Crippen molar-refractivity contribution < 1.29 is 9.59 Å². The lowest BCUT2D eigenvalue weighted by atomic mass is 10.1. The van der Waals surface area contributed by atoms with E-state index in [1.165, 1.54) is 6.08 Å². The Bertz CT molecular complexity index is 1250. The molecule has 194 valence electrons. The highest BCUT2D eigenvalue weighted by molar-refractivity contribution is 6.32. The van der Waals surface area contributed by atoms with Crippen LogP contribution in [0.15, 0.2) is 55.5 Å². The number of carbonyl (C=O) groups is 2. The fourth-order valence-electron chi connectivity index (χ4n) is 4.07. The van der Waals surface area contributed by atoms with Crippen molar-refractivity contribution in [2.24, 2.45) is 0 Å². The number of carbonyl (C=O) groups excluding carboxylic acids is 2. The van der Waals surface area contributed by atoms with Crippen molar-refractivity contribution in [1.29, 1.82) is 0 Å². The van der Waals surface area contributed by atoms with E-state index in [2.05, 4.69) is 37.2 Å². The number of nitrogens with zero attached hydrogens (tertiary/aromatic N) is 6. The molecule has 1 saturated heterocycles. The summed E-state index contributed by atoms with van der Waals surface area (Å²) in [6.45, 7) is 10.5. The maximum Gasteiger partial charge on any atom is 0.229 e. The van der Waals surface area contributed by atoms with E-state index in [1.54, 1.807) is 19.3 Å². The Morgan fingerprint density at radius 3 is 2.68 bits per heavy atom. The largest absolute Gasteiger partial charge is 0.365 e. The van der Waals surface area contributed by atoms with Crippen molar-refractivity contribution in [2.75, 3.05) is 43.4 Å². The number of benzene rings is 1. The van der Waals surface area contributed by atoms with Crippen molar-refractivity contribution in [3.63, 3.8) is 0 Å². The Labute approximate surface area is 221 Å². The Balaban J connectivity index is 1.30. The third kappa shape index (κ3) is 7.61. The van der Waals surface area contributed by atoms with Gasteiger partial charge in [-0.15, -0.1) is 0 Å². The number of aromatic nitrogens is 4. The molecule has 1 aliphatic rings. The van der Waals surface area contributed by atoms with Crippen molar-refractivity contribution in [3.05, 3.63) is 71.7 Å². The first-order valence-corrected chi connectivity index (χ1v) is 12.5. The van der Waals surface area contributed by atoms with Gasteiger partial charge in [-0.3, -0.25) is 19.2 Å². The molecular formula is C26H31ClN8O2. The zero-order chi connectivity index (χ0) is 26.2. The van der Waals surface area contributed by atoms with Crippen molar-refractivity contribution in [2.45, 2.75) is 26.4 Å². The second-order valence-electron chi connectivity index (χ2n) is 8.88. The van der Waals surface area contributed by atoms with Gasteiger partial charge in [0.25, 0.3) is 0 Å². The van der Waals surface area contributed by atoms with Gasteiger partial charge in [0.05, 0.1) is 24.6 Å². The zero-order valence-electron chi connectivity index (χ0n) is 20.9. The van der Waals surface area contributed by atoms with Crippen LogP contribution in [0, 0.1) is 0 Å². The average molecular weight is 523 g/mol. The monoisotopic (exact) mass is 522 g/mol. The van der Waals surface area contributed by atoms with Gasteiger partial charge in [-0.05, 0) is 17.2 Å². The predicted molar refractivity (Wildman–Crippen MR) is 144 cm³/mol. The Kier molecular flexibility index (Phi) is 8.86. The van der Waals surface area contributed by atoms with Crippen LogP contribution in [0.5, 0.6) is 0 Å². The summed E-state index contributed by atoms with van der Waals surface area (Å²) in [5.74, 6) is 1.02. The lowest BCUT2D eigenvalue weighted by Gasteiger charge is -2.34. The van der Waals surface area contributed by atoms with Gasteiger partial charge in [0.15, 0.2) is 11.6 Å². The number of nitrogens with one attached hydrogen (secondary N) is 2. The number of anilines is 3. The smallest absolute Gasteiger partial charge is 0.229 e. The molecule has 1 aromatic carbocycles. The number of allylic oxidation sites excluding steroid dienone is 1. The number of halogens is 1. The Hall–Kier alpha value is -3.76. The molecule has 1 aliphatic heterocycles. The third-order valence-electron chi connectivity index (χ3n) is 6.15. The van der Waals surface area contributed by atoms with Crippen molar-refractivity contribution in [1.82, 2.24) is 29.5 Å². The standard InChI is InChI=1S/C26H31ClN8O2/c1-3-23(37)14-20-5-4-6-21(13-20)15-28-25-24(27)17-29-26(32-25)31-22-16-30-35(18-22)12-9-33-7-10-34(11-8-33)19(2)36/h3-6,13,16-18H,1,7-12,14-15H2,2H3,(H2,28,29,31,32). The van der Waals surface area contributed by atoms with E-state index in [0.717, 1.165) is 56.1 Å². The quantitative estimate of drug-likeness (QED) is 0.370. The maximum absolute atomic E-state index is 11.7. The first-order valence-electron chi connectivity index (χ1n) is 12.2. The van der Waals surface area contributed by atoms with Crippen molar-refractivity contribution >= 4 is 40.7 Å². The molecule has 0 aliphatic carbocycles. The number of hydrogen-bond donors (Lipinski definition) is 2. The summed E-state index contributed by atoms with van der Waals surface area (Å²) in [6.07, 6.45) is 6.84. The van der Waals surface area contributed by atoms with Gasteiger partial charge in [0.2, 0.25) is 11.9 Å². The highest BCUT2D eigenvalue weighted by Gasteiger charge is 2.18. The first-order chi connectivity index (χ1) is 17.9. The molecule has 0 atom stereocenters. The topological polar surface area (TPSA) is 108 Å². The number of piperazine rings is 1.